The molecule has 0 spiro atoms. The number of carboxylic acid groups (broad SMARTS) is 1. The number of hydrogen-bond donors (Lipinski definition) is 1. The molecule has 1 aromatic rings. The number of rotatable bonds is 1. The normalized spacial score (nSPS) is 14.4. The molecule has 86 valence electrons. The van der Waals surface area contributed by atoms with Gasteiger partial charge in [-0.2, -0.15) is 0 Å². The second-order valence-electron chi connectivity index (χ2n) is 3.54. The quantitative estimate of drug-likeness (QED) is 0.822. The van der Waals surface area contributed by atoms with E-state index in [1.54, 1.807) is 6.92 Å². The fourth-order valence-corrected chi connectivity index (χ4v) is 2.02. The lowest BCUT2D eigenvalue weighted by atomic mass is 10.1. The van der Waals surface area contributed by atoms with Gasteiger partial charge in [-0.1, -0.05) is 11.6 Å². The Hall–Kier alpha value is -1.42. The minimum atomic E-state index is -1.06. The summed E-state index contributed by atoms with van der Waals surface area (Å²) in [6, 6.07) is 1.50. The van der Waals surface area contributed by atoms with E-state index in [9.17, 15) is 4.79 Å². The molecule has 0 fully saturated rings. The maximum Gasteiger partial charge on any atom is 0.337 e. The third-order valence-corrected chi connectivity index (χ3v) is 2.74. The first-order valence-corrected chi connectivity index (χ1v) is 5.31. The summed E-state index contributed by atoms with van der Waals surface area (Å²) in [7, 11) is 0. The summed E-state index contributed by atoms with van der Waals surface area (Å²) >= 11 is 5.90. The van der Waals surface area contributed by atoms with Crippen molar-refractivity contribution in [2.45, 2.75) is 13.3 Å². The number of aromatic carboxylic acids is 1. The van der Waals surface area contributed by atoms with Crippen LogP contribution in [0.3, 0.4) is 0 Å². The second-order valence-corrected chi connectivity index (χ2v) is 3.95. The van der Waals surface area contributed by atoms with E-state index < -0.39 is 5.97 Å². The van der Waals surface area contributed by atoms with Gasteiger partial charge in [0.05, 0.1) is 23.8 Å². The fraction of sp³-hybridized carbons (Fsp3) is 0.364. The van der Waals surface area contributed by atoms with Gasteiger partial charge in [0, 0.05) is 18.1 Å². The van der Waals surface area contributed by atoms with Crippen molar-refractivity contribution < 1.29 is 19.4 Å². The van der Waals surface area contributed by atoms with E-state index in [2.05, 4.69) is 0 Å². The van der Waals surface area contributed by atoms with Crippen LogP contribution in [0, 0.1) is 6.92 Å². The largest absolute Gasteiger partial charge is 0.489 e. The average molecular weight is 243 g/mol. The van der Waals surface area contributed by atoms with Crippen molar-refractivity contribution in [3.05, 3.63) is 22.2 Å². The Balaban J connectivity index is 2.60. The highest BCUT2D eigenvalue weighted by Gasteiger charge is 2.22. The first kappa shape index (κ1) is 11.1. The molecule has 16 heavy (non-hydrogen) atoms. The van der Waals surface area contributed by atoms with E-state index in [0.29, 0.717) is 30.3 Å². The number of hydrogen-bond acceptors (Lipinski definition) is 3. The molecule has 1 aliphatic heterocycles. The molecule has 0 saturated carbocycles. The van der Waals surface area contributed by atoms with Gasteiger partial charge in [-0.15, -0.1) is 0 Å². The molecule has 1 N–H and O–H groups in total. The van der Waals surface area contributed by atoms with Crippen molar-refractivity contribution in [1.82, 2.24) is 0 Å². The summed E-state index contributed by atoms with van der Waals surface area (Å²) in [5.41, 5.74) is 0.586. The summed E-state index contributed by atoms with van der Waals surface area (Å²) < 4.78 is 10.9. The van der Waals surface area contributed by atoms with Crippen molar-refractivity contribution in [2.75, 3.05) is 13.2 Å². The smallest absolute Gasteiger partial charge is 0.337 e. The summed E-state index contributed by atoms with van der Waals surface area (Å²) in [4.78, 5) is 11.0. The van der Waals surface area contributed by atoms with Gasteiger partial charge in [-0.3, -0.25) is 0 Å². The van der Waals surface area contributed by atoms with Crippen LogP contribution in [-0.4, -0.2) is 24.3 Å². The lowest BCUT2D eigenvalue weighted by Crippen LogP contribution is -2.04. The van der Waals surface area contributed by atoms with Crippen LogP contribution >= 0.6 is 11.6 Å². The average Bonchev–Trinajstić information content (AvgIpc) is 2.42. The maximum atomic E-state index is 11.0. The third kappa shape index (κ3) is 1.80. The Labute approximate surface area is 97.7 Å². The number of ether oxygens (including phenoxy) is 2. The zero-order valence-corrected chi connectivity index (χ0v) is 9.50. The highest BCUT2D eigenvalue weighted by Crippen LogP contribution is 2.39. The predicted octanol–water partition coefficient (Wildman–Crippen LogP) is 2.51. The summed E-state index contributed by atoms with van der Waals surface area (Å²) in [6.45, 7) is 2.74. The topological polar surface area (TPSA) is 55.8 Å². The monoisotopic (exact) mass is 242 g/mol. The van der Waals surface area contributed by atoms with Gasteiger partial charge in [-0.05, 0) is 6.92 Å². The molecule has 0 bridgehead atoms. The molecule has 1 heterocycles. The van der Waals surface area contributed by atoms with Crippen molar-refractivity contribution in [3.8, 4) is 11.5 Å². The Bertz CT molecular complexity index is 442. The van der Waals surface area contributed by atoms with Crippen LogP contribution in [0.2, 0.25) is 5.02 Å². The van der Waals surface area contributed by atoms with E-state index in [-0.39, 0.29) is 10.6 Å². The Morgan fingerprint density at radius 1 is 1.44 bits per heavy atom. The number of fused-ring (bicyclic) bond motifs is 1. The van der Waals surface area contributed by atoms with Gasteiger partial charge in [0.25, 0.3) is 0 Å². The van der Waals surface area contributed by atoms with E-state index in [0.717, 1.165) is 6.42 Å². The van der Waals surface area contributed by atoms with Gasteiger partial charge in [0.15, 0.2) is 11.5 Å². The van der Waals surface area contributed by atoms with Crippen LogP contribution in [0.4, 0.5) is 0 Å². The van der Waals surface area contributed by atoms with Crippen molar-refractivity contribution in [3.63, 3.8) is 0 Å². The molecule has 5 heteroatoms. The summed E-state index contributed by atoms with van der Waals surface area (Å²) in [5.74, 6) is -0.0533. The number of benzene rings is 1. The van der Waals surface area contributed by atoms with Crippen LogP contribution in [0.25, 0.3) is 0 Å². The van der Waals surface area contributed by atoms with E-state index in [1.165, 1.54) is 6.07 Å². The van der Waals surface area contributed by atoms with Crippen LogP contribution in [0.15, 0.2) is 6.07 Å². The minimum Gasteiger partial charge on any atom is -0.489 e. The molecule has 2 rings (SSSR count). The Morgan fingerprint density at radius 3 is 2.81 bits per heavy atom. The van der Waals surface area contributed by atoms with Gasteiger partial charge in [0.1, 0.15) is 0 Å². The Morgan fingerprint density at radius 2 is 2.12 bits per heavy atom. The molecule has 0 radical (unpaired) electrons. The molecule has 1 aliphatic rings. The molecular weight excluding hydrogens is 232 g/mol. The Kier molecular flexibility index (Phi) is 2.92. The number of carbonyl (C=O) groups is 1. The molecule has 0 atom stereocenters. The first-order chi connectivity index (χ1) is 7.61. The minimum absolute atomic E-state index is 0.0749. The van der Waals surface area contributed by atoms with Crippen molar-refractivity contribution in [1.29, 1.82) is 0 Å². The van der Waals surface area contributed by atoms with Crippen molar-refractivity contribution >= 4 is 17.6 Å². The number of halogens is 1. The van der Waals surface area contributed by atoms with Crippen LogP contribution in [-0.2, 0) is 0 Å². The molecule has 0 amide bonds. The molecule has 0 aromatic heterocycles. The third-order valence-electron chi connectivity index (χ3n) is 2.44. The molecule has 4 nitrogen and oxygen atoms in total. The molecule has 0 aliphatic carbocycles. The lowest BCUT2D eigenvalue weighted by molar-refractivity contribution is 0.0695. The standard InChI is InChI=1S/C11H11ClO4/c1-6-9(11(13)14)7(12)5-8-10(6)16-4-2-3-15-8/h5H,2-4H2,1H3,(H,13,14). The van der Waals surface area contributed by atoms with E-state index in [4.69, 9.17) is 26.2 Å². The molecular formula is C11H11ClO4. The SMILES string of the molecule is Cc1c2c(cc(Cl)c1C(=O)O)OCCCO2. The summed E-state index contributed by atoms with van der Waals surface area (Å²) in [5, 5.41) is 9.21. The van der Waals surface area contributed by atoms with E-state index >= 15 is 0 Å². The van der Waals surface area contributed by atoms with Gasteiger partial charge in [-0.25, -0.2) is 4.79 Å². The first-order valence-electron chi connectivity index (χ1n) is 4.93. The molecule has 0 unspecified atom stereocenters. The van der Waals surface area contributed by atoms with Crippen LogP contribution < -0.4 is 9.47 Å². The summed E-state index contributed by atoms with van der Waals surface area (Å²) in [6.07, 6.45) is 0.772. The highest BCUT2D eigenvalue weighted by atomic mass is 35.5. The molecule has 0 saturated heterocycles. The van der Waals surface area contributed by atoms with Crippen LogP contribution in [0.1, 0.15) is 22.3 Å². The zero-order chi connectivity index (χ0) is 11.7. The maximum absolute atomic E-state index is 11.0. The van der Waals surface area contributed by atoms with Gasteiger partial charge in [0.2, 0.25) is 0 Å². The molecule has 1 aromatic carbocycles. The highest BCUT2D eigenvalue weighted by molar-refractivity contribution is 6.34. The van der Waals surface area contributed by atoms with E-state index in [1.807, 2.05) is 0 Å². The zero-order valence-electron chi connectivity index (χ0n) is 8.75. The van der Waals surface area contributed by atoms with Gasteiger partial charge < -0.3 is 14.6 Å². The predicted molar refractivity (Wildman–Crippen MR) is 58.8 cm³/mol. The number of carboxylic acids is 1. The van der Waals surface area contributed by atoms with Gasteiger partial charge >= 0.3 is 5.97 Å². The van der Waals surface area contributed by atoms with Crippen LogP contribution in [0.5, 0.6) is 11.5 Å². The lowest BCUT2D eigenvalue weighted by Gasteiger charge is -2.13. The second kappa shape index (κ2) is 4.22. The van der Waals surface area contributed by atoms with Crippen molar-refractivity contribution in [2.24, 2.45) is 0 Å². The fourth-order valence-electron chi connectivity index (χ4n) is 1.69.